The molecule has 1 saturated carbocycles. The Hall–Kier alpha value is -3.12. The molecule has 1 N–H and O–H groups in total. The number of rotatable bonds is 6. The molecule has 2 heterocycles. The fraction of sp³-hybridized carbons (Fsp3) is 0.385. The first-order chi connectivity index (χ1) is 15.4. The molecule has 2 fully saturated rings. The summed E-state index contributed by atoms with van der Waals surface area (Å²) >= 11 is 0. The molecule has 1 saturated heterocycles. The van der Waals surface area contributed by atoms with E-state index in [-0.39, 0.29) is 11.4 Å². The maximum atomic E-state index is 13.4. The predicted molar refractivity (Wildman–Crippen MR) is 128 cm³/mol. The summed E-state index contributed by atoms with van der Waals surface area (Å²) in [4.78, 5) is 22.5. The number of anilines is 1. The summed E-state index contributed by atoms with van der Waals surface area (Å²) in [5, 5.41) is 4.40. The molecule has 0 spiro atoms. The second-order valence-electron chi connectivity index (χ2n) is 9.27. The van der Waals surface area contributed by atoms with Gasteiger partial charge in [-0.2, -0.15) is 0 Å². The van der Waals surface area contributed by atoms with Crippen molar-refractivity contribution in [3.8, 4) is 5.75 Å². The molecule has 166 valence electrons. The van der Waals surface area contributed by atoms with Crippen molar-refractivity contribution in [1.29, 1.82) is 0 Å². The highest BCUT2D eigenvalue weighted by atomic mass is 16.5. The van der Waals surface area contributed by atoms with Gasteiger partial charge < -0.3 is 19.9 Å². The molecule has 1 aliphatic heterocycles. The summed E-state index contributed by atoms with van der Waals surface area (Å²) in [5.74, 6) is 0.736. The van der Waals surface area contributed by atoms with Crippen molar-refractivity contribution in [3.05, 3.63) is 65.4 Å². The van der Waals surface area contributed by atoms with Crippen LogP contribution in [0.1, 0.15) is 34.3 Å². The van der Waals surface area contributed by atoms with Crippen LogP contribution in [0.25, 0.3) is 10.9 Å². The van der Waals surface area contributed by atoms with E-state index in [4.69, 9.17) is 4.74 Å². The van der Waals surface area contributed by atoms with Crippen molar-refractivity contribution in [3.63, 3.8) is 0 Å². The number of ether oxygens (including phenoxy) is 1. The number of aromatic nitrogens is 1. The number of benzene rings is 2. The molecule has 6 heteroatoms. The summed E-state index contributed by atoms with van der Waals surface area (Å²) < 4.78 is 5.50. The Balaban J connectivity index is 1.41. The van der Waals surface area contributed by atoms with Crippen LogP contribution >= 0.6 is 0 Å². The molecule has 6 nitrogen and oxygen atoms in total. The van der Waals surface area contributed by atoms with Crippen LogP contribution in [0.15, 0.2) is 48.7 Å². The highest BCUT2D eigenvalue weighted by Gasteiger charge is 2.47. The van der Waals surface area contributed by atoms with Crippen LogP contribution in [-0.4, -0.2) is 56.1 Å². The van der Waals surface area contributed by atoms with E-state index in [1.165, 1.54) is 0 Å². The van der Waals surface area contributed by atoms with Gasteiger partial charge in [0.05, 0.1) is 12.6 Å². The van der Waals surface area contributed by atoms with Gasteiger partial charge in [0.2, 0.25) is 0 Å². The molecular formula is C26H30N4O2. The molecule has 1 aliphatic carbocycles. The number of nitrogens with one attached hydrogen (secondary N) is 1. The summed E-state index contributed by atoms with van der Waals surface area (Å²) in [6.45, 7) is 3.99. The van der Waals surface area contributed by atoms with E-state index in [2.05, 4.69) is 52.4 Å². The second-order valence-corrected chi connectivity index (χ2v) is 9.27. The number of nitrogens with zero attached hydrogens (tertiary/aromatic N) is 3. The number of carbonyl (C=O) groups excluding carboxylic acids is 1. The van der Waals surface area contributed by atoms with Gasteiger partial charge in [0.15, 0.2) is 0 Å². The predicted octanol–water partition coefficient (Wildman–Crippen LogP) is 3.72. The van der Waals surface area contributed by atoms with Crippen molar-refractivity contribution in [2.75, 3.05) is 39.2 Å². The molecule has 5 rings (SSSR count). The first-order valence-corrected chi connectivity index (χ1v) is 11.2. The van der Waals surface area contributed by atoms with Crippen LogP contribution in [0.5, 0.6) is 5.75 Å². The highest BCUT2D eigenvalue weighted by molar-refractivity contribution is 5.98. The average Bonchev–Trinajstić information content (AvgIpc) is 3.52. The van der Waals surface area contributed by atoms with Crippen molar-refractivity contribution in [2.45, 2.75) is 31.3 Å². The number of aryl methyl sites for hydroxylation is 1. The van der Waals surface area contributed by atoms with Crippen LogP contribution in [0, 0.1) is 6.92 Å². The number of fused-ring (bicyclic) bond motifs is 1. The zero-order valence-electron chi connectivity index (χ0n) is 19.2. The minimum Gasteiger partial charge on any atom is -0.494 e. The molecule has 1 aromatic heterocycles. The number of likely N-dealkylation sites (N-methyl/N-ethyl adjacent to an activating group) is 1. The Morgan fingerprint density at radius 1 is 1.19 bits per heavy atom. The standard InChI is InChI=1S/C26H30N4O2/c1-17-8-9-18(30-15-19(16-30)29(2)3)14-21(17)25(31)28-26(11-12-26)22-10-13-27-24-20(22)6-5-7-23(24)32-4/h5-10,13-14,19H,11-12,15-16H2,1-4H3,(H,28,31). The Kier molecular flexibility index (Phi) is 5.05. The molecule has 0 radical (unpaired) electrons. The average molecular weight is 431 g/mol. The SMILES string of the molecule is COc1cccc2c(C3(NC(=O)c4cc(N5CC(N(C)C)C5)ccc4C)CC3)ccnc12. The lowest BCUT2D eigenvalue weighted by Gasteiger charge is -2.44. The quantitative estimate of drug-likeness (QED) is 0.646. The number of pyridine rings is 1. The van der Waals surface area contributed by atoms with Gasteiger partial charge in [0.1, 0.15) is 11.3 Å². The van der Waals surface area contributed by atoms with Crippen LogP contribution in [0.3, 0.4) is 0 Å². The minimum absolute atomic E-state index is 0.0145. The molecule has 2 aliphatic rings. The summed E-state index contributed by atoms with van der Waals surface area (Å²) in [5.41, 5.74) is 4.45. The van der Waals surface area contributed by atoms with Gasteiger partial charge in [-0.1, -0.05) is 18.2 Å². The summed E-state index contributed by atoms with van der Waals surface area (Å²) in [7, 11) is 5.89. The van der Waals surface area contributed by atoms with Crippen LogP contribution in [0.4, 0.5) is 5.69 Å². The molecule has 0 bridgehead atoms. The third-order valence-electron chi connectivity index (χ3n) is 7.00. The monoisotopic (exact) mass is 430 g/mol. The van der Waals surface area contributed by atoms with Crippen molar-refractivity contribution in [2.24, 2.45) is 0 Å². The Labute approximate surface area is 189 Å². The van der Waals surface area contributed by atoms with Crippen LogP contribution < -0.4 is 15.0 Å². The first kappa shape index (κ1) is 20.8. The molecule has 0 unspecified atom stereocenters. The fourth-order valence-electron chi connectivity index (χ4n) is 4.65. The van der Waals surface area contributed by atoms with Crippen molar-refractivity contribution in [1.82, 2.24) is 15.2 Å². The number of hydrogen-bond acceptors (Lipinski definition) is 5. The van der Waals surface area contributed by atoms with Gasteiger partial charge in [-0.25, -0.2) is 0 Å². The minimum atomic E-state index is -0.347. The Bertz CT molecular complexity index is 1180. The van der Waals surface area contributed by atoms with Gasteiger partial charge in [0.25, 0.3) is 5.91 Å². The van der Waals surface area contributed by atoms with Crippen LogP contribution in [-0.2, 0) is 5.54 Å². The number of para-hydroxylation sites is 1. The topological polar surface area (TPSA) is 57.7 Å². The van der Waals surface area contributed by atoms with Gasteiger partial charge in [0, 0.05) is 42.0 Å². The van der Waals surface area contributed by atoms with E-state index < -0.39 is 0 Å². The van der Waals surface area contributed by atoms with Gasteiger partial charge in [-0.05, 0) is 69.3 Å². The Morgan fingerprint density at radius 3 is 2.66 bits per heavy atom. The largest absolute Gasteiger partial charge is 0.494 e. The van der Waals surface area contributed by atoms with E-state index in [0.29, 0.717) is 6.04 Å². The normalized spacial score (nSPS) is 17.3. The molecule has 1 amide bonds. The van der Waals surface area contributed by atoms with E-state index >= 15 is 0 Å². The number of methoxy groups -OCH3 is 1. The smallest absolute Gasteiger partial charge is 0.252 e. The van der Waals surface area contributed by atoms with Crippen LogP contribution in [0.2, 0.25) is 0 Å². The van der Waals surface area contributed by atoms with E-state index in [0.717, 1.165) is 65.0 Å². The molecule has 3 aromatic rings. The highest BCUT2D eigenvalue weighted by Crippen LogP contribution is 2.48. The molecular weight excluding hydrogens is 400 g/mol. The zero-order valence-corrected chi connectivity index (χ0v) is 19.2. The molecule has 32 heavy (non-hydrogen) atoms. The lowest BCUT2D eigenvalue weighted by Crippen LogP contribution is -2.57. The van der Waals surface area contributed by atoms with Crippen molar-refractivity contribution < 1.29 is 9.53 Å². The summed E-state index contributed by atoms with van der Waals surface area (Å²) in [6, 6.07) is 14.8. The van der Waals surface area contributed by atoms with Gasteiger partial charge >= 0.3 is 0 Å². The van der Waals surface area contributed by atoms with E-state index in [1.54, 1.807) is 7.11 Å². The fourth-order valence-corrected chi connectivity index (χ4v) is 4.65. The number of amides is 1. The van der Waals surface area contributed by atoms with Gasteiger partial charge in [-0.15, -0.1) is 0 Å². The van der Waals surface area contributed by atoms with Crippen molar-refractivity contribution >= 4 is 22.5 Å². The maximum absolute atomic E-state index is 13.4. The lowest BCUT2D eigenvalue weighted by molar-refractivity contribution is 0.0930. The number of carbonyl (C=O) groups is 1. The summed E-state index contributed by atoms with van der Waals surface area (Å²) in [6.07, 6.45) is 3.65. The Morgan fingerprint density at radius 2 is 1.97 bits per heavy atom. The first-order valence-electron chi connectivity index (χ1n) is 11.2. The third kappa shape index (κ3) is 3.48. The van der Waals surface area contributed by atoms with E-state index in [9.17, 15) is 4.79 Å². The lowest BCUT2D eigenvalue weighted by atomic mass is 9.98. The maximum Gasteiger partial charge on any atom is 0.252 e. The van der Waals surface area contributed by atoms with Gasteiger partial charge in [-0.3, -0.25) is 9.78 Å². The number of hydrogen-bond donors (Lipinski definition) is 1. The van der Waals surface area contributed by atoms with E-state index in [1.807, 2.05) is 37.4 Å². The molecule has 0 atom stereocenters. The second kappa shape index (κ2) is 7.78. The third-order valence-corrected chi connectivity index (χ3v) is 7.00. The zero-order chi connectivity index (χ0) is 22.5. The molecule has 2 aromatic carbocycles.